The van der Waals surface area contributed by atoms with Gasteiger partial charge in [-0.25, -0.2) is 4.39 Å². The molecule has 30 heavy (non-hydrogen) atoms. The normalized spacial score (nSPS) is 15.4. The molecule has 7 nitrogen and oxygen atoms in total. The summed E-state index contributed by atoms with van der Waals surface area (Å²) < 4.78 is 15.7. The van der Waals surface area contributed by atoms with Crippen LogP contribution in [0.5, 0.6) is 0 Å². The Morgan fingerprint density at radius 3 is 2.60 bits per heavy atom. The molecule has 1 aliphatic rings. The van der Waals surface area contributed by atoms with E-state index in [9.17, 15) is 14.0 Å². The zero-order valence-electron chi connectivity index (χ0n) is 17.5. The van der Waals surface area contributed by atoms with E-state index in [-0.39, 0.29) is 29.2 Å². The first-order valence-electron chi connectivity index (χ1n) is 10.2. The summed E-state index contributed by atoms with van der Waals surface area (Å²) in [6.07, 6.45) is 4.42. The van der Waals surface area contributed by atoms with Gasteiger partial charge in [-0.2, -0.15) is 0 Å². The van der Waals surface area contributed by atoms with Crippen LogP contribution in [-0.2, 0) is 11.8 Å². The maximum absolute atomic E-state index is 14.0. The number of carbonyl (C=O) groups is 2. The highest BCUT2D eigenvalue weighted by Crippen LogP contribution is 2.25. The molecule has 1 aromatic heterocycles. The van der Waals surface area contributed by atoms with Gasteiger partial charge in [0.15, 0.2) is 11.0 Å². The predicted molar refractivity (Wildman–Crippen MR) is 114 cm³/mol. The van der Waals surface area contributed by atoms with Crippen molar-refractivity contribution < 1.29 is 14.0 Å². The lowest BCUT2D eigenvalue weighted by atomic mass is 10.0. The van der Waals surface area contributed by atoms with E-state index in [2.05, 4.69) is 20.8 Å². The highest BCUT2D eigenvalue weighted by molar-refractivity contribution is 7.99. The molecule has 0 spiro atoms. The van der Waals surface area contributed by atoms with E-state index < -0.39 is 17.8 Å². The Labute approximate surface area is 180 Å². The summed E-state index contributed by atoms with van der Waals surface area (Å²) in [6, 6.07) is 5.70. The number of nitrogens with one attached hydrogen (secondary N) is 2. The zero-order chi connectivity index (χ0) is 21.7. The molecule has 3 rings (SSSR count). The molecule has 1 aromatic carbocycles. The van der Waals surface area contributed by atoms with Crippen LogP contribution >= 0.6 is 11.8 Å². The first kappa shape index (κ1) is 22.3. The molecular weight excluding hydrogens is 405 g/mol. The monoisotopic (exact) mass is 433 g/mol. The van der Waals surface area contributed by atoms with Gasteiger partial charge in [-0.1, -0.05) is 50.6 Å². The average Bonchev–Trinajstić information content (AvgIpc) is 3.34. The Balaban J connectivity index is 1.65. The molecule has 1 aliphatic carbocycles. The molecule has 0 radical (unpaired) electrons. The zero-order valence-corrected chi connectivity index (χ0v) is 18.3. The Kier molecular flexibility index (Phi) is 7.47. The number of nitrogens with zero attached hydrogens (tertiary/aromatic N) is 3. The summed E-state index contributed by atoms with van der Waals surface area (Å²) in [5.74, 6) is -0.249. The SMILES string of the molecule is CC(C)[C@@H](NC(=O)c1ccccc1F)c1nnc(SCC(=O)NC2CCCC2)n1C. The van der Waals surface area contributed by atoms with E-state index in [1.807, 2.05) is 13.8 Å². The van der Waals surface area contributed by atoms with Crippen molar-refractivity contribution >= 4 is 23.6 Å². The fraction of sp³-hybridized carbons (Fsp3) is 0.524. The van der Waals surface area contributed by atoms with Crippen molar-refractivity contribution in [3.63, 3.8) is 0 Å². The van der Waals surface area contributed by atoms with Crippen LogP contribution < -0.4 is 10.6 Å². The van der Waals surface area contributed by atoms with Crippen molar-refractivity contribution in [1.82, 2.24) is 25.4 Å². The lowest BCUT2D eigenvalue weighted by Gasteiger charge is -2.22. The third-order valence-corrected chi connectivity index (χ3v) is 6.29. The lowest BCUT2D eigenvalue weighted by Crippen LogP contribution is -2.34. The van der Waals surface area contributed by atoms with Crippen LogP contribution in [0.2, 0.25) is 0 Å². The van der Waals surface area contributed by atoms with Crippen molar-refractivity contribution in [3.05, 3.63) is 41.5 Å². The number of halogens is 1. The summed E-state index contributed by atoms with van der Waals surface area (Å²) in [7, 11) is 1.80. The largest absolute Gasteiger partial charge is 0.353 e. The smallest absolute Gasteiger partial charge is 0.254 e. The number of carbonyl (C=O) groups excluding carboxylic acids is 2. The van der Waals surface area contributed by atoms with Gasteiger partial charge in [-0.15, -0.1) is 10.2 Å². The van der Waals surface area contributed by atoms with Crippen molar-refractivity contribution in [2.45, 2.75) is 56.8 Å². The van der Waals surface area contributed by atoms with Crippen molar-refractivity contribution in [2.24, 2.45) is 13.0 Å². The van der Waals surface area contributed by atoms with Crippen molar-refractivity contribution in [3.8, 4) is 0 Å². The van der Waals surface area contributed by atoms with Gasteiger partial charge in [0.1, 0.15) is 5.82 Å². The van der Waals surface area contributed by atoms with Gasteiger partial charge in [-0.3, -0.25) is 9.59 Å². The van der Waals surface area contributed by atoms with Crippen LogP contribution in [-0.4, -0.2) is 38.4 Å². The molecule has 0 aliphatic heterocycles. The van der Waals surface area contributed by atoms with Gasteiger partial charge in [0.25, 0.3) is 5.91 Å². The van der Waals surface area contributed by atoms with Crippen molar-refractivity contribution in [1.29, 1.82) is 0 Å². The first-order chi connectivity index (χ1) is 14.4. The van der Waals surface area contributed by atoms with E-state index in [4.69, 9.17) is 0 Å². The summed E-state index contributed by atoms with van der Waals surface area (Å²) in [6.45, 7) is 3.89. The topological polar surface area (TPSA) is 88.9 Å². The number of hydrogen-bond acceptors (Lipinski definition) is 5. The molecule has 2 N–H and O–H groups in total. The average molecular weight is 434 g/mol. The lowest BCUT2D eigenvalue weighted by molar-refractivity contribution is -0.119. The third kappa shape index (κ3) is 5.38. The molecular formula is C21H28FN5O2S. The molecule has 1 saturated carbocycles. The van der Waals surface area contributed by atoms with E-state index in [1.54, 1.807) is 23.7 Å². The quantitative estimate of drug-likeness (QED) is 0.624. The predicted octanol–water partition coefficient (Wildman–Crippen LogP) is 3.23. The van der Waals surface area contributed by atoms with Crippen LogP contribution in [0, 0.1) is 11.7 Å². The summed E-state index contributed by atoms with van der Waals surface area (Å²) in [4.78, 5) is 24.8. The minimum Gasteiger partial charge on any atom is -0.353 e. The van der Waals surface area contributed by atoms with E-state index >= 15 is 0 Å². The number of benzene rings is 1. The molecule has 0 bridgehead atoms. The van der Waals surface area contributed by atoms with Gasteiger partial charge in [-0.05, 0) is 30.9 Å². The molecule has 0 unspecified atom stereocenters. The fourth-order valence-electron chi connectivity index (χ4n) is 3.59. The fourth-order valence-corrected chi connectivity index (χ4v) is 4.32. The van der Waals surface area contributed by atoms with Gasteiger partial charge in [0, 0.05) is 13.1 Å². The first-order valence-corrected chi connectivity index (χ1v) is 11.2. The van der Waals surface area contributed by atoms with E-state index in [1.165, 1.54) is 36.7 Å². The van der Waals surface area contributed by atoms with Crippen molar-refractivity contribution in [2.75, 3.05) is 5.75 Å². The molecule has 1 atom stereocenters. The Hall–Kier alpha value is -2.42. The number of thioether (sulfide) groups is 1. The summed E-state index contributed by atoms with van der Waals surface area (Å²) >= 11 is 1.31. The number of hydrogen-bond donors (Lipinski definition) is 2. The highest BCUT2D eigenvalue weighted by Gasteiger charge is 2.26. The highest BCUT2D eigenvalue weighted by atomic mass is 32.2. The summed E-state index contributed by atoms with van der Waals surface area (Å²) in [5, 5.41) is 14.9. The Morgan fingerprint density at radius 2 is 1.93 bits per heavy atom. The molecule has 1 fully saturated rings. The minimum atomic E-state index is -0.569. The second-order valence-electron chi connectivity index (χ2n) is 7.91. The van der Waals surface area contributed by atoms with Gasteiger partial charge in [0.2, 0.25) is 5.91 Å². The van der Waals surface area contributed by atoms with Gasteiger partial charge >= 0.3 is 0 Å². The molecule has 9 heteroatoms. The van der Waals surface area contributed by atoms with Crippen LogP contribution in [0.4, 0.5) is 4.39 Å². The van der Waals surface area contributed by atoms with Crippen LogP contribution in [0.15, 0.2) is 29.4 Å². The number of aromatic nitrogens is 3. The summed E-state index contributed by atoms with van der Waals surface area (Å²) in [5.41, 5.74) is -0.0106. The molecule has 2 amide bonds. The molecule has 2 aromatic rings. The van der Waals surface area contributed by atoms with Gasteiger partial charge in [0.05, 0.1) is 17.4 Å². The van der Waals surface area contributed by atoms with Crippen LogP contribution in [0.3, 0.4) is 0 Å². The van der Waals surface area contributed by atoms with Crippen LogP contribution in [0.25, 0.3) is 0 Å². The molecule has 0 saturated heterocycles. The number of rotatable bonds is 8. The Bertz CT molecular complexity index is 895. The standard InChI is InChI=1S/C21H28FN5O2S/c1-13(2)18(24-20(29)15-10-6-7-11-16(15)22)19-25-26-21(27(19)3)30-12-17(28)23-14-8-4-5-9-14/h6-7,10-11,13-14,18H,4-5,8-9,12H2,1-3H3,(H,23,28)(H,24,29)/t18-/m1/s1. The second-order valence-corrected chi connectivity index (χ2v) is 8.85. The van der Waals surface area contributed by atoms with E-state index in [0.29, 0.717) is 11.0 Å². The maximum Gasteiger partial charge on any atom is 0.254 e. The molecule has 162 valence electrons. The number of amides is 2. The third-order valence-electron chi connectivity index (χ3n) is 5.27. The Morgan fingerprint density at radius 1 is 1.23 bits per heavy atom. The molecule has 1 heterocycles. The van der Waals surface area contributed by atoms with Crippen LogP contribution in [0.1, 0.15) is 61.8 Å². The van der Waals surface area contributed by atoms with E-state index in [0.717, 1.165) is 12.8 Å². The second kappa shape index (κ2) is 10.1. The minimum absolute atomic E-state index is 0.00661. The maximum atomic E-state index is 14.0. The van der Waals surface area contributed by atoms with Gasteiger partial charge < -0.3 is 15.2 Å².